The number of hydrogen-bond acceptors (Lipinski definition) is 4. The lowest BCUT2D eigenvalue weighted by Crippen LogP contribution is -2.49. The van der Waals surface area contributed by atoms with Crippen LogP contribution in [0, 0.1) is 5.41 Å². The molecule has 0 spiro atoms. The standard InChI is InChI=1S/C18H23F3N2O4/c1-9(18(19,20)21)27-13-7-12(22-8-11(13)10-5-6-10)15(24)23-14(16(25)26)17(2,3)4/h7-10,14H,5-6H2,1-4H3,(H,23,24)(H,25,26)/t9-,14?/m0/s1. The summed E-state index contributed by atoms with van der Waals surface area (Å²) in [5.41, 5.74) is -0.438. The molecule has 150 valence electrons. The van der Waals surface area contributed by atoms with Crippen molar-refractivity contribution in [3.8, 4) is 5.75 Å². The van der Waals surface area contributed by atoms with Crippen LogP contribution in [-0.4, -0.2) is 40.3 Å². The largest absolute Gasteiger partial charge is 0.481 e. The minimum Gasteiger partial charge on any atom is -0.481 e. The van der Waals surface area contributed by atoms with Gasteiger partial charge in [0.05, 0.1) is 0 Å². The molecule has 1 aliphatic rings. The Bertz CT molecular complexity index is 724. The maximum atomic E-state index is 12.8. The molecule has 2 atom stereocenters. The van der Waals surface area contributed by atoms with E-state index in [0.717, 1.165) is 25.8 Å². The van der Waals surface area contributed by atoms with Crippen molar-refractivity contribution >= 4 is 11.9 Å². The van der Waals surface area contributed by atoms with Gasteiger partial charge >= 0.3 is 12.1 Å². The molecule has 9 heteroatoms. The first kappa shape index (κ1) is 21.0. The molecule has 2 rings (SSSR count). The topological polar surface area (TPSA) is 88.5 Å². The third kappa shape index (κ3) is 5.33. The van der Waals surface area contributed by atoms with Crippen LogP contribution in [0.25, 0.3) is 0 Å². The zero-order chi connectivity index (χ0) is 20.6. The molecule has 1 saturated carbocycles. The first-order valence-corrected chi connectivity index (χ1v) is 8.57. The number of rotatable bonds is 6. The van der Waals surface area contributed by atoms with E-state index in [2.05, 4.69) is 10.3 Å². The smallest absolute Gasteiger partial charge is 0.425 e. The number of aromatic nitrogens is 1. The van der Waals surface area contributed by atoms with Crippen LogP contribution in [0.1, 0.15) is 62.5 Å². The van der Waals surface area contributed by atoms with Gasteiger partial charge in [-0.1, -0.05) is 20.8 Å². The minimum absolute atomic E-state index is 0.0508. The van der Waals surface area contributed by atoms with E-state index in [4.69, 9.17) is 4.74 Å². The number of amides is 1. The zero-order valence-electron chi connectivity index (χ0n) is 15.6. The number of ether oxygens (including phenoxy) is 1. The molecule has 0 bridgehead atoms. The number of nitrogens with one attached hydrogen (secondary N) is 1. The van der Waals surface area contributed by atoms with Crippen LogP contribution in [0.3, 0.4) is 0 Å². The number of carbonyl (C=O) groups excluding carboxylic acids is 1. The van der Waals surface area contributed by atoms with Crippen LogP contribution in [0.4, 0.5) is 13.2 Å². The van der Waals surface area contributed by atoms with Gasteiger partial charge in [0.1, 0.15) is 17.5 Å². The number of aliphatic carboxylic acids is 1. The number of hydrogen-bond donors (Lipinski definition) is 2. The molecule has 0 aromatic carbocycles. The highest BCUT2D eigenvalue weighted by molar-refractivity contribution is 5.95. The van der Waals surface area contributed by atoms with Gasteiger partial charge in [-0.3, -0.25) is 9.78 Å². The van der Waals surface area contributed by atoms with Crippen molar-refractivity contribution in [1.82, 2.24) is 10.3 Å². The summed E-state index contributed by atoms with van der Waals surface area (Å²) in [4.78, 5) is 27.8. The normalized spacial score (nSPS) is 17.1. The van der Waals surface area contributed by atoms with Gasteiger partial charge in [0, 0.05) is 17.8 Å². The zero-order valence-corrected chi connectivity index (χ0v) is 15.6. The highest BCUT2D eigenvalue weighted by atomic mass is 19.4. The Morgan fingerprint density at radius 2 is 1.89 bits per heavy atom. The summed E-state index contributed by atoms with van der Waals surface area (Å²) < 4.78 is 43.6. The summed E-state index contributed by atoms with van der Waals surface area (Å²) in [5.74, 6) is -1.99. The van der Waals surface area contributed by atoms with Gasteiger partial charge in [-0.25, -0.2) is 4.79 Å². The molecule has 2 N–H and O–H groups in total. The summed E-state index contributed by atoms with van der Waals surface area (Å²) in [6.45, 7) is 5.83. The second-order valence-corrected chi connectivity index (χ2v) is 7.79. The van der Waals surface area contributed by atoms with Crippen LogP contribution in [0.5, 0.6) is 5.75 Å². The molecular formula is C18H23F3N2O4. The van der Waals surface area contributed by atoms with Crippen LogP contribution >= 0.6 is 0 Å². The maximum absolute atomic E-state index is 12.8. The monoisotopic (exact) mass is 388 g/mol. The SMILES string of the molecule is C[C@H](Oc1cc(C(=O)NC(C(=O)O)C(C)(C)C)ncc1C1CC1)C(F)(F)F. The highest BCUT2D eigenvalue weighted by Crippen LogP contribution is 2.44. The summed E-state index contributed by atoms with van der Waals surface area (Å²) in [6, 6.07) is -0.0411. The van der Waals surface area contributed by atoms with E-state index in [1.54, 1.807) is 20.8 Å². The van der Waals surface area contributed by atoms with E-state index >= 15 is 0 Å². The first-order valence-electron chi connectivity index (χ1n) is 8.57. The summed E-state index contributed by atoms with van der Waals surface area (Å²) in [6.07, 6.45) is -3.63. The molecule has 1 unspecified atom stereocenters. The lowest BCUT2D eigenvalue weighted by atomic mass is 9.86. The van der Waals surface area contributed by atoms with Crippen molar-refractivity contribution in [3.05, 3.63) is 23.5 Å². The minimum atomic E-state index is -4.55. The number of carbonyl (C=O) groups is 2. The lowest BCUT2D eigenvalue weighted by molar-refractivity contribution is -0.189. The van der Waals surface area contributed by atoms with Gasteiger partial charge in [0.25, 0.3) is 5.91 Å². The second-order valence-electron chi connectivity index (χ2n) is 7.79. The fourth-order valence-corrected chi connectivity index (χ4v) is 2.49. The van der Waals surface area contributed by atoms with Gasteiger partial charge in [-0.2, -0.15) is 13.2 Å². The predicted molar refractivity (Wildman–Crippen MR) is 90.7 cm³/mol. The summed E-state index contributed by atoms with van der Waals surface area (Å²) in [5, 5.41) is 11.7. The fraction of sp³-hybridized carbons (Fsp3) is 0.611. The highest BCUT2D eigenvalue weighted by Gasteiger charge is 2.39. The van der Waals surface area contributed by atoms with Crippen molar-refractivity contribution in [2.45, 2.75) is 64.8 Å². The second kappa shape index (κ2) is 7.36. The molecule has 1 aromatic heterocycles. The predicted octanol–water partition coefficient (Wildman–Crippen LogP) is 3.52. The van der Waals surface area contributed by atoms with Crippen molar-refractivity contribution in [3.63, 3.8) is 0 Å². The molecule has 1 fully saturated rings. The van der Waals surface area contributed by atoms with Gasteiger partial charge in [-0.15, -0.1) is 0 Å². The van der Waals surface area contributed by atoms with Gasteiger partial charge in [0.15, 0.2) is 6.10 Å². The van der Waals surface area contributed by atoms with Crippen molar-refractivity contribution in [2.75, 3.05) is 0 Å². The number of halogens is 3. The molecule has 27 heavy (non-hydrogen) atoms. The number of alkyl halides is 3. The van der Waals surface area contributed by atoms with Crippen molar-refractivity contribution in [1.29, 1.82) is 0 Å². The van der Waals surface area contributed by atoms with Crippen LogP contribution in [0.15, 0.2) is 12.3 Å². The average Bonchev–Trinajstić information content (AvgIpc) is 3.34. The Morgan fingerprint density at radius 1 is 1.30 bits per heavy atom. The molecule has 0 radical (unpaired) electrons. The molecule has 1 aliphatic carbocycles. The van der Waals surface area contributed by atoms with E-state index in [1.807, 2.05) is 0 Å². The van der Waals surface area contributed by atoms with Crippen LogP contribution in [0.2, 0.25) is 0 Å². The Hall–Kier alpha value is -2.32. The Balaban J connectivity index is 2.28. The first-order chi connectivity index (χ1) is 12.3. The Labute approximate surface area is 155 Å². The maximum Gasteiger partial charge on any atom is 0.425 e. The van der Waals surface area contributed by atoms with Crippen molar-refractivity contribution in [2.24, 2.45) is 5.41 Å². The van der Waals surface area contributed by atoms with Gasteiger partial charge < -0.3 is 15.2 Å². The summed E-state index contributed by atoms with van der Waals surface area (Å²) in [7, 11) is 0. The number of carboxylic acid groups (broad SMARTS) is 1. The number of carboxylic acids is 1. The number of pyridine rings is 1. The average molecular weight is 388 g/mol. The van der Waals surface area contributed by atoms with Crippen molar-refractivity contribution < 1.29 is 32.6 Å². The fourth-order valence-electron chi connectivity index (χ4n) is 2.49. The quantitative estimate of drug-likeness (QED) is 0.779. The van der Waals surface area contributed by atoms with E-state index in [9.17, 15) is 27.9 Å². The van der Waals surface area contributed by atoms with E-state index < -0.39 is 35.6 Å². The third-order valence-electron chi connectivity index (χ3n) is 4.30. The van der Waals surface area contributed by atoms with E-state index in [-0.39, 0.29) is 17.4 Å². The molecular weight excluding hydrogens is 365 g/mol. The van der Waals surface area contributed by atoms with Gasteiger partial charge in [-0.05, 0) is 31.1 Å². The van der Waals surface area contributed by atoms with Gasteiger partial charge in [0.2, 0.25) is 0 Å². The molecule has 0 saturated heterocycles. The molecule has 0 aliphatic heterocycles. The Kier molecular flexibility index (Phi) is 5.72. The lowest BCUT2D eigenvalue weighted by Gasteiger charge is -2.27. The van der Waals surface area contributed by atoms with E-state index in [1.165, 1.54) is 6.20 Å². The molecule has 1 aromatic rings. The van der Waals surface area contributed by atoms with Crippen LogP contribution < -0.4 is 10.1 Å². The molecule has 6 nitrogen and oxygen atoms in total. The third-order valence-corrected chi connectivity index (χ3v) is 4.30. The molecule has 1 amide bonds. The number of nitrogens with zero attached hydrogens (tertiary/aromatic N) is 1. The Morgan fingerprint density at radius 3 is 2.33 bits per heavy atom. The van der Waals surface area contributed by atoms with Crippen LogP contribution in [-0.2, 0) is 4.79 Å². The summed E-state index contributed by atoms with van der Waals surface area (Å²) >= 11 is 0. The molecule has 1 heterocycles. The van der Waals surface area contributed by atoms with E-state index in [0.29, 0.717) is 5.56 Å².